The third-order valence-electron chi connectivity index (χ3n) is 6.96. The average molecular weight is 515 g/mol. The van der Waals surface area contributed by atoms with E-state index in [-0.39, 0.29) is 29.5 Å². The summed E-state index contributed by atoms with van der Waals surface area (Å²) in [5.74, 6) is -0.324. The molecule has 1 atom stereocenters. The molecule has 0 saturated carbocycles. The maximum atomic E-state index is 14.5. The van der Waals surface area contributed by atoms with Gasteiger partial charge in [0.25, 0.3) is 0 Å². The normalized spacial score (nSPS) is 19.3. The van der Waals surface area contributed by atoms with Crippen molar-refractivity contribution >= 4 is 17.4 Å². The molecule has 0 radical (unpaired) electrons. The van der Waals surface area contributed by atoms with E-state index in [0.29, 0.717) is 35.4 Å². The molecule has 4 heterocycles. The Balaban J connectivity index is 1.56. The topological polar surface area (TPSA) is 108 Å². The molecule has 194 valence electrons. The fourth-order valence-corrected chi connectivity index (χ4v) is 5.12. The molecule has 3 N–H and O–H groups in total. The van der Waals surface area contributed by atoms with E-state index in [4.69, 9.17) is 9.84 Å². The lowest BCUT2D eigenvalue weighted by atomic mass is 9.97. The number of nitrogens with zero attached hydrogens (tertiary/aromatic N) is 5. The van der Waals surface area contributed by atoms with Gasteiger partial charge in [0.2, 0.25) is 11.6 Å². The van der Waals surface area contributed by atoms with Crippen LogP contribution in [0.3, 0.4) is 0 Å². The van der Waals surface area contributed by atoms with Crippen molar-refractivity contribution in [3.63, 3.8) is 0 Å². The fraction of sp³-hybridized carbons (Fsp3) is 0.250. The lowest BCUT2D eigenvalue weighted by Gasteiger charge is -2.36. The van der Waals surface area contributed by atoms with Crippen molar-refractivity contribution in [2.75, 3.05) is 13.1 Å². The van der Waals surface area contributed by atoms with Crippen molar-refractivity contribution in [3.8, 4) is 11.4 Å². The number of benzene rings is 2. The SMILES string of the molecule is Cc1nn(-c2ccccc2)c2ncc(C3(O)N=CNC(O)=C3N3CCCC3)c(OCc3ccccc3F)c12. The van der Waals surface area contributed by atoms with Gasteiger partial charge in [-0.05, 0) is 38.0 Å². The van der Waals surface area contributed by atoms with Gasteiger partial charge in [-0.1, -0.05) is 36.4 Å². The summed E-state index contributed by atoms with van der Waals surface area (Å²) in [6.45, 7) is 3.05. The van der Waals surface area contributed by atoms with E-state index in [2.05, 4.69) is 15.3 Å². The van der Waals surface area contributed by atoms with Gasteiger partial charge in [-0.15, -0.1) is 0 Å². The molecule has 2 aromatic carbocycles. The predicted molar refractivity (Wildman–Crippen MR) is 140 cm³/mol. The molecule has 0 bridgehead atoms. The van der Waals surface area contributed by atoms with Gasteiger partial charge >= 0.3 is 0 Å². The summed E-state index contributed by atoms with van der Waals surface area (Å²) in [5.41, 5.74) is 0.741. The van der Waals surface area contributed by atoms with Crippen molar-refractivity contribution in [1.82, 2.24) is 25.0 Å². The van der Waals surface area contributed by atoms with Gasteiger partial charge in [0, 0.05) is 24.8 Å². The molecule has 1 saturated heterocycles. The quantitative estimate of drug-likeness (QED) is 0.356. The summed E-state index contributed by atoms with van der Waals surface area (Å²) in [6.07, 6.45) is 4.59. The van der Waals surface area contributed by atoms with Crippen LogP contribution in [-0.4, -0.2) is 49.3 Å². The Kier molecular flexibility index (Phi) is 5.96. The molecule has 1 unspecified atom stereocenters. The zero-order valence-corrected chi connectivity index (χ0v) is 20.8. The zero-order valence-electron chi connectivity index (χ0n) is 20.8. The van der Waals surface area contributed by atoms with Crippen LogP contribution < -0.4 is 10.1 Å². The van der Waals surface area contributed by atoms with E-state index in [1.807, 2.05) is 42.2 Å². The number of hydrogen-bond acceptors (Lipinski definition) is 8. The number of hydrogen-bond donors (Lipinski definition) is 3. The first kappa shape index (κ1) is 23.9. The number of nitrogens with one attached hydrogen (secondary N) is 1. The van der Waals surface area contributed by atoms with Gasteiger partial charge in [0.1, 0.15) is 23.9 Å². The fourth-order valence-electron chi connectivity index (χ4n) is 5.12. The first-order valence-electron chi connectivity index (χ1n) is 12.5. The number of halogens is 1. The molecule has 2 aromatic heterocycles. The minimum Gasteiger partial charge on any atom is -0.493 e. The highest BCUT2D eigenvalue weighted by molar-refractivity contribution is 5.88. The van der Waals surface area contributed by atoms with Gasteiger partial charge in [0.05, 0.1) is 28.7 Å². The maximum Gasteiger partial charge on any atom is 0.235 e. The number of rotatable bonds is 6. The first-order valence-corrected chi connectivity index (χ1v) is 12.5. The summed E-state index contributed by atoms with van der Waals surface area (Å²) >= 11 is 0. The van der Waals surface area contributed by atoms with Crippen LogP contribution in [0.1, 0.15) is 29.7 Å². The summed E-state index contributed by atoms with van der Waals surface area (Å²) in [7, 11) is 0. The van der Waals surface area contributed by atoms with Gasteiger partial charge in [-0.25, -0.2) is 19.0 Å². The molecule has 2 aliphatic rings. The number of aliphatic hydroxyl groups excluding tert-OH is 1. The summed E-state index contributed by atoms with van der Waals surface area (Å²) < 4.78 is 22.5. The van der Waals surface area contributed by atoms with Gasteiger partial charge in [-0.3, -0.25) is 0 Å². The number of para-hydroxylation sites is 1. The van der Waals surface area contributed by atoms with E-state index < -0.39 is 11.5 Å². The monoisotopic (exact) mass is 514 g/mol. The second kappa shape index (κ2) is 9.46. The van der Waals surface area contributed by atoms with Crippen molar-refractivity contribution in [2.24, 2.45) is 4.99 Å². The van der Waals surface area contributed by atoms with Crippen LogP contribution >= 0.6 is 0 Å². The van der Waals surface area contributed by atoms with E-state index in [9.17, 15) is 14.6 Å². The molecular weight excluding hydrogens is 487 g/mol. The molecule has 2 aliphatic heterocycles. The van der Waals surface area contributed by atoms with E-state index in [1.165, 1.54) is 18.6 Å². The number of pyridine rings is 1. The zero-order chi connectivity index (χ0) is 26.3. The maximum absolute atomic E-state index is 14.5. The van der Waals surface area contributed by atoms with Crippen LogP contribution in [0.25, 0.3) is 16.7 Å². The Labute approximate surface area is 218 Å². The first-order chi connectivity index (χ1) is 18.5. The van der Waals surface area contributed by atoms with Crippen molar-refractivity contribution < 1.29 is 19.3 Å². The highest BCUT2D eigenvalue weighted by Crippen LogP contribution is 2.44. The van der Waals surface area contributed by atoms with E-state index in [1.54, 1.807) is 22.9 Å². The number of aliphatic imine (C=N–C) groups is 1. The Morgan fingerprint density at radius 1 is 1.08 bits per heavy atom. The Hall–Kier alpha value is -4.44. The molecule has 4 aromatic rings. The lowest BCUT2D eigenvalue weighted by molar-refractivity contribution is 0.0416. The summed E-state index contributed by atoms with van der Waals surface area (Å²) in [4.78, 5) is 11.0. The molecule has 1 fully saturated rings. The second-order valence-electron chi connectivity index (χ2n) is 9.38. The molecule has 38 heavy (non-hydrogen) atoms. The predicted octanol–water partition coefficient (Wildman–Crippen LogP) is 4.05. The largest absolute Gasteiger partial charge is 0.493 e. The van der Waals surface area contributed by atoms with Crippen LogP contribution in [0.4, 0.5) is 4.39 Å². The summed E-state index contributed by atoms with van der Waals surface area (Å²) in [6, 6.07) is 15.9. The Morgan fingerprint density at radius 2 is 1.82 bits per heavy atom. The van der Waals surface area contributed by atoms with Crippen LogP contribution in [-0.2, 0) is 12.3 Å². The van der Waals surface area contributed by atoms with Gasteiger partial charge in [0.15, 0.2) is 5.65 Å². The van der Waals surface area contributed by atoms with Crippen LogP contribution in [0, 0.1) is 12.7 Å². The summed E-state index contributed by atoms with van der Waals surface area (Å²) in [5, 5.41) is 30.9. The lowest BCUT2D eigenvalue weighted by Crippen LogP contribution is -2.43. The molecular formula is C28H27FN6O3. The van der Waals surface area contributed by atoms with Crippen LogP contribution in [0.2, 0.25) is 0 Å². The average Bonchev–Trinajstić information content (AvgIpc) is 3.57. The highest BCUT2D eigenvalue weighted by Gasteiger charge is 2.45. The number of fused-ring (bicyclic) bond motifs is 1. The van der Waals surface area contributed by atoms with Gasteiger partial charge < -0.3 is 25.2 Å². The minimum atomic E-state index is -1.99. The number of likely N-dealkylation sites (tertiary alicyclic amines) is 1. The van der Waals surface area contributed by atoms with Crippen LogP contribution in [0.15, 0.2) is 77.4 Å². The van der Waals surface area contributed by atoms with Crippen molar-refractivity contribution in [1.29, 1.82) is 0 Å². The van der Waals surface area contributed by atoms with E-state index in [0.717, 1.165) is 18.5 Å². The number of ether oxygens (including phenoxy) is 1. The standard InChI is InChI=1S/C28H27FN6O3/c1-18-23-24(38-16-19-9-5-6-12-22(19)29)21(15-30-26(23)35(33-18)20-10-3-2-4-11-20)28(37)25(27(36)31-17-32-28)34-13-7-8-14-34/h2-6,9-12,15,17,36-37H,7-8,13-14,16H2,1H3,(H,31,32). The molecule has 0 aliphatic carbocycles. The third-order valence-corrected chi connectivity index (χ3v) is 6.96. The van der Waals surface area contributed by atoms with Crippen molar-refractivity contribution in [2.45, 2.75) is 32.1 Å². The van der Waals surface area contributed by atoms with E-state index >= 15 is 0 Å². The Morgan fingerprint density at radius 3 is 2.58 bits per heavy atom. The minimum absolute atomic E-state index is 0.0957. The van der Waals surface area contributed by atoms with Crippen LogP contribution in [0.5, 0.6) is 5.75 Å². The second-order valence-corrected chi connectivity index (χ2v) is 9.38. The number of aromatic nitrogens is 3. The highest BCUT2D eigenvalue weighted by atomic mass is 19.1. The van der Waals surface area contributed by atoms with Gasteiger partial charge in [-0.2, -0.15) is 5.10 Å². The third kappa shape index (κ3) is 3.93. The molecule has 10 heteroatoms. The molecule has 0 amide bonds. The smallest absolute Gasteiger partial charge is 0.235 e. The number of aliphatic hydroxyl groups is 2. The molecule has 6 rings (SSSR count). The number of aryl methyl sites for hydroxylation is 1. The van der Waals surface area contributed by atoms with Crippen molar-refractivity contribution in [3.05, 3.63) is 95.0 Å². The Bertz CT molecular complexity index is 1560. The molecule has 0 spiro atoms. The molecule has 9 nitrogen and oxygen atoms in total.